The summed E-state index contributed by atoms with van der Waals surface area (Å²) in [5.74, 6) is 1.08. The number of methoxy groups -OCH3 is 1. The van der Waals surface area contributed by atoms with Crippen molar-refractivity contribution in [3.05, 3.63) is 65.2 Å². The highest BCUT2D eigenvalue weighted by atomic mass is 35.5. The van der Waals surface area contributed by atoms with Crippen LogP contribution in [-0.2, 0) is 6.54 Å². The van der Waals surface area contributed by atoms with Crippen LogP contribution in [0.3, 0.4) is 0 Å². The normalized spacial score (nSPS) is 14.8. The monoisotopic (exact) mass is 498 g/mol. The van der Waals surface area contributed by atoms with Crippen LogP contribution in [0.2, 0.25) is 5.02 Å². The molecule has 0 unspecified atom stereocenters. The van der Waals surface area contributed by atoms with Gasteiger partial charge in [0.05, 0.1) is 23.8 Å². The number of rotatable bonds is 5. The van der Waals surface area contributed by atoms with Crippen LogP contribution in [0.1, 0.15) is 5.56 Å². The number of aromatic hydroxyl groups is 1. The zero-order chi connectivity index (χ0) is 22.9. The molecule has 2 N–H and O–H groups in total. The molecule has 1 saturated heterocycles. The fourth-order valence-corrected chi connectivity index (χ4v) is 4.51. The second kappa shape index (κ2) is 10.2. The minimum Gasteiger partial charge on any atom is -0.508 e. The van der Waals surface area contributed by atoms with Crippen LogP contribution in [0.4, 0.5) is 11.4 Å². The number of piperazine rings is 1. The molecule has 0 saturated carbocycles. The second-order valence-electron chi connectivity index (χ2n) is 8.58. The number of phenols is 1. The highest BCUT2D eigenvalue weighted by Crippen LogP contribution is 2.36. The van der Waals surface area contributed by atoms with E-state index in [4.69, 9.17) is 21.3 Å². The lowest BCUT2D eigenvalue weighted by atomic mass is 10.1. The number of likely N-dealkylation sites (N-methyl/N-ethyl adjacent to an activating group) is 1. The van der Waals surface area contributed by atoms with Gasteiger partial charge >= 0.3 is 0 Å². The number of ether oxygens (including phenoxy) is 1. The topological polar surface area (TPSA) is 60.9 Å². The van der Waals surface area contributed by atoms with Gasteiger partial charge in [0.2, 0.25) is 0 Å². The smallest absolute Gasteiger partial charge is 0.120 e. The summed E-state index contributed by atoms with van der Waals surface area (Å²) in [5, 5.41) is 16.7. The number of benzene rings is 3. The van der Waals surface area contributed by atoms with E-state index >= 15 is 0 Å². The maximum absolute atomic E-state index is 10.5. The summed E-state index contributed by atoms with van der Waals surface area (Å²) in [4.78, 5) is 9.51. The molecule has 34 heavy (non-hydrogen) atoms. The number of fused-ring (bicyclic) bond motifs is 2. The Morgan fingerprint density at radius 1 is 0.971 bits per heavy atom. The third-order valence-corrected chi connectivity index (χ3v) is 6.52. The Labute approximate surface area is 210 Å². The largest absolute Gasteiger partial charge is 0.508 e. The van der Waals surface area contributed by atoms with Crippen molar-refractivity contribution < 1.29 is 9.84 Å². The molecule has 0 aliphatic carbocycles. The van der Waals surface area contributed by atoms with Gasteiger partial charge in [-0.1, -0.05) is 11.6 Å². The number of aromatic nitrogens is 1. The number of phenolic OH excluding ortho intramolecular Hbond substituents is 1. The van der Waals surface area contributed by atoms with Gasteiger partial charge in [-0.05, 0) is 61.6 Å². The molecule has 1 aromatic heterocycles. The van der Waals surface area contributed by atoms with Crippen LogP contribution in [0.15, 0.2) is 54.6 Å². The number of hydrogen-bond donors (Lipinski definition) is 2. The van der Waals surface area contributed by atoms with Crippen molar-refractivity contribution in [3.63, 3.8) is 0 Å². The zero-order valence-corrected chi connectivity index (χ0v) is 20.8. The molecular formula is C26H28Cl2N4O2. The molecule has 3 aromatic carbocycles. The summed E-state index contributed by atoms with van der Waals surface area (Å²) in [5.41, 5.74) is 4.42. The molecular weight excluding hydrogens is 471 g/mol. The Hall–Kier alpha value is -2.77. The van der Waals surface area contributed by atoms with Gasteiger partial charge in [0.1, 0.15) is 11.5 Å². The third-order valence-electron chi connectivity index (χ3n) is 6.28. The van der Waals surface area contributed by atoms with Crippen molar-refractivity contribution in [2.45, 2.75) is 6.54 Å². The predicted octanol–water partition coefficient (Wildman–Crippen LogP) is 5.67. The summed E-state index contributed by atoms with van der Waals surface area (Å²) in [7, 11) is 3.80. The Morgan fingerprint density at radius 3 is 2.53 bits per heavy atom. The number of nitrogens with one attached hydrogen (secondary N) is 1. The van der Waals surface area contributed by atoms with Crippen LogP contribution < -0.4 is 10.1 Å². The van der Waals surface area contributed by atoms with Gasteiger partial charge < -0.3 is 20.1 Å². The van der Waals surface area contributed by atoms with E-state index < -0.39 is 0 Å². The predicted molar refractivity (Wildman–Crippen MR) is 142 cm³/mol. The van der Waals surface area contributed by atoms with Crippen LogP contribution in [0.5, 0.6) is 11.5 Å². The molecule has 0 atom stereocenters. The lowest BCUT2D eigenvalue weighted by Gasteiger charge is -2.32. The van der Waals surface area contributed by atoms with Gasteiger partial charge in [0, 0.05) is 59.8 Å². The van der Waals surface area contributed by atoms with E-state index in [1.807, 2.05) is 48.5 Å². The fourth-order valence-electron chi connectivity index (χ4n) is 4.34. The molecule has 1 aliphatic rings. The van der Waals surface area contributed by atoms with Crippen molar-refractivity contribution in [2.75, 3.05) is 45.7 Å². The molecule has 0 spiro atoms. The molecule has 5 rings (SSSR count). The van der Waals surface area contributed by atoms with E-state index in [1.54, 1.807) is 13.2 Å². The standard InChI is InChI=1S/C26H27ClN4O2.ClH/c1-30-9-11-31(12-10-30)16-17-13-19(4-8-25(17)32)28-26-21-6-3-18(27)14-24(21)29-23-7-5-20(33-2)15-22(23)26;/h3-8,13-15,32H,9-12,16H2,1-2H3,(H,28,29);1H. The second-order valence-corrected chi connectivity index (χ2v) is 9.02. The first-order valence-electron chi connectivity index (χ1n) is 11.1. The Balaban J connectivity index is 0.00000274. The Kier molecular flexibility index (Phi) is 7.33. The molecule has 0 amide bonds. The van der Waals surface area contributed by atoms with Crippen molar-refractivity contribution in [1.29, 1.82) is 0 Å². The number of nitrogens with zero attached hydrogens (tertiary/aromatic N) is 3. The van der Waals surface area contributed by atoms with Crippen molar-refractivity contribution in [3.8, 4) is 11.5 Å². The summed E-state index contributed by atoms with van der Waals surface area (Å²) < 4.78 is 5.47. The fraction of sp³-hybridized carbons (Fsp3) is 0.269. The van der Waals surface area contributed by atoms with Gasteiger partial charge in [0.25, 0.3) is 0 Å². The van der Waals surface area contributed by atoms with E-state index in [9.17, 15) is 5.11 Å². The van der Waals surface area contributed by atoms with E-state index in [-0.39, 0.29) is 12.4 Å². The molecule has 0 radical (unpaired) electrons. The molecule has 1 fully saturated rings. The Bertz CT molecular complexity index is 1320. The van der Waals surface area contributed by atoms with E-state index in [0.29, 0.717) is 10.8 Å². The Morgan fingerprint density at radius 2 is 1.76 bits per heavy atom. The number of halogens is 2. The van der Waals surface area contributed by atoms with Crippen LogP contribution in [-0.4, -0.2) is 60.2 Å². The van der Waals surface area contributed by atoms with Crippen LogP contribution in [0.25, 0.3) is 21.8 Å². The first-order valence-corrected chi connectivity index (χ1v) is 11.4. The van der Waals surface area contributed by atoms with E-state index in [0.717, 1.165) is 77.2 Å². The summed E-state index contributed by atoms with van der Waals surface area (Å²) in [6.07, 6.45) is 0. The summed E-state index contributed by atoms with van der Waals surface area (Å²) in [6.45, 7) is 4.79. The minimum atomic E-state index is 0. The van der Waals surface area contributed by atoms with Crippen molar-refractivity contribution in [2.24, 2.45) is 0 Å². The maximum Gasteiger partial charge on any atom is 0.120 e. The highest BCUT2D eigenvalue weighted by Gasteiger charge is 2.17. The average molecular weight is 499 g/mol. The first kappa shape index (κ1) is 24.4. The molecule has 8 heteroatoms. The van der Waals surface area contributed by atoms with Gasteiger partial charge in [-0.3, -0.25) is 4.90 Å². The lowest BCUT2D eigenvalue weighted by Crippen LogP contribution is -2.43. The molecule has 6 nitrogen and oxygen atoms in total. The average Bonchev–Trinajstić information content (AvgIpc) is 2.82. The zero-order valence-electron chi connectivity index (χ0n) is 19.2. The van der Waals surface area contributed by atoms with Crippen LogP contribution in [0, 0.1) is 0 Å². The molecule has 2 heterocycles. The van der Waals surface area contributed by atoms with Gasteiger partial charge in [-0.2, -0.15) is 0 Å². The SMILES string of the molecule is COc1ccc2nc3cc(Cl)ccc3c(Nc3ccc(O)c(CN4CCN(C)CC4)c3)c2c1.Cl. The van der Waals surface area contributed by atoms with Gasteiger partial charge in [-0.25, -0.2) is 4.98 Å². The van der Waals surface area contributed by atoms with Crippen LogP contribution >= 0.6 is 24.0 Å². The summed E-state index contributed by atoms with van der Waals surface area (Å²) >= 11 is 6.25. The number of anilines is 2. The number of pyridine rings is 1. The lowest BCUT2D eigenvalue weighted by molar-refractivity contribution is 0.147. The van der Waals surface area contributed by atoms with Gasteiger partial charge in [-0.15, -0.1) is 12.4 Å². The number of hydrogen-bond acceptors (Lipinski definition) is 6. The third kappa shape index (κ3) is 5.00. The first-order chi connectivity index (χ1) is 16.0. The van der Waals surface area contributed by atoms with Gasteiger partial charge in [0.15, 0.2) is 0 Å². The van der Waals surface area contributed by atoms with E-state index in [1.165, 1.54) is 0 Å². The quantitative estimate of drug-likeness (QED) is 0.273. The molecule has 178 valence electrons. The highest BCUT2D eigenvalue weighted by molar-refractivity contribution is 6.31. The van der Waals surface area contributed by atoms with Crippen molar-refractivity contribution >= 4 is 57.2 Å². The van der Waals surface area contributed by atoms with E-state index in [2.05, 4.69) is 22.2 Å². The van der Waals surface area contributed by atoms with Crippen molar-refractivity contribution in [1.82, 2.24) is 14.8 Å². The maximum atomic E-state index is 10.5. The molecule has 1 aliphatic heterocycles. The molecule has 0 bridgehead atoms. The molecule has 4 aromatic rings. The minimum absolute atomic E-state index is 0. The summed E-state index contributed by atoms with van der Waals surface area (Å²) in [6, 6.07) is 17.3.